The molecule has 0 bridgehead atoms. The van der Waals surface area contributed by atoms with Crippen LogP contribution in [-0.4, -0.2) is 38.1 Å². The summed E-state index contributed by atoms with van der Waals surface area (Å²) in [5, 5.41) is 4.03. The zero-order valence-corrected chi connectivity index (χ0v) is 12.4. The van der Waals surface area contributed by atoms with Crippen LogP contribution in [0, 0.1) is 5.92 Å². The highest BCUT2D eigenvalue weighted by molar-refractivity contribution is 5.66. The molecule has 1 saturated heterocycles. The van der Waals surface area contributed by atoms with E-state index in [1.165, 1.54) is 6.33 Å². The molecule has 1 unspecified atom stereocenters. The number of nitrogens with two attached hydrogens (primary N) is 1. The van der Waals surface area contributed by atoms with Crippen LogP contribution in [0.25, 0.3) is 11.4 Å². The van der Waals surface area contributed by atoms with Crippen molar-refractivity contribution < 1.29 is 4.52 Å². The van der Waals surface area contributed by atoms with Crippen molar-refractivity contribution in [2.75, 3.05) is 18.8 Å². The van der Waals surface area contributed by atoms with Gasteiger partial charge in [-0.1, -0.05) is 19.0 Å². The maximum absolute atomic E-state index is 5.83. The third-order valence-corrected chi connectivity index (χ3v) is 3.67. The van der Waals surface area contributed by atoms with E-state index in [0.717, 1.165) is 25.9 Å². The summed E-state index contributed by atoms with van der Waals surface area (Å²) in [5.74, 6) is 2.10. The average molecular weight is 288 g/mol. The molecule has 1 aliphatic rings. The molecule has 0 radical (unpaired) electrons. The van der Waals surface area contributed by atoms with Crippen molar-refractivity contribution in [2.24, 2.45) is 5.92 Å². The molecule has 0 spiro atoms. The minimum absolute atomic E-state index is 0.208. The molecular weight excluding hydrogens is 268 g/mol. The molecule has 7 heteroatoms. The summed E-state index contributed by atoms with van der Waals surface area (Å²) in [6.45, 7) is 6.56. The van der Waals surface area contributed by atoms with Gasteiger partial charge in [0.2, 0.25) is 11.7 Å². The maximum atomic E-state index is 5.83. The molecule has 1 aliphatic heterocycles. The molecule has 112 valence electrons. The van der Waals surface area contributed by atoms with Crippen LogP contribution in [-0.2, 0) is 0 Å². The lowest BCUT2D eigenvalue weighted by Gasteiger charge is -2.23. The second-order valence-electron chi connectivity index (χ2n) is 5.82. The van der Waals surface area contributed by atoms with Gasteiger partial charge >= 0.3 is 0 Å². The van der Waals surface area contributed by atoms with Crippen LogP contribution >= 0.6 is 0 Å². The lowest BCUT2D eigenvalue weighted by molar-refractivity contribution is 0.189. The molecule has 7 nitrogen and oxygen atoms in total. The van der Waals surface area contributed by atoms with E-state index >= 15 is 0 Å². The highest BCUT2D eigenvalue weighted by atomic mass is 16.5. The first kappa shape index (κ1) is 13.9. The predicted octanol–water partition coefficient (Wildman–Crippen LogP) is 1.90. The predicted molar refractivity (Wildman–Crippen MR) is 78.1 cm³/mol. The molecule has 21 heavy (non-hydrogen) atoms. The first-order valence-electron chi connectivity index (χ1n) is 7.28. The van der Waals surface area contributed by atoms with Gasteiger partial charge in [0.15, 0.2) is 0 Å². The number of nitrogen functional groups attached to an aromatic ring is 1. The standard InChI is InChI=1S/C14H20N6O/c1-9(2)7-20-5-3-4-11(20)14-18-13(19-21-14)10-6-16-8-17-12(10)15/h6,8-9,11H,3-5,7H2,1-2H3,(H2,15,16,17). The van der Waals surface area contributed by atoms with E-state index in [4.69, 9.17) is 10.3 Å². The minimum atomic E-state index is 0.208. The highest BCUT2D eigenvalue weighted by Gasteiger charge is 2.31. The number of hydrogen-bond acceptors (Lipinski definition) is 7. The monoisotopic (exact) mass is 288 g/mol. The fourth-order valence-corrected chi connectivity index (χ4v) is 2.78. The summed E-state index contributed by atoms with van der Waals surface area (Å²) in [7, 11) is 0. The van der Waals surface area contributed by atoms with Gasteiger partial charge in [-0.2, -0.15) is 4.98 Å². The van der Waals surface area contributed by atoms with E-state index in [9.17, 15) is 0 Å². The molecule has 3 heterocycles. The SMILES string of the molecule is CC(C)CN1CCCC1c1nc(-c2cncnc2N)no1. The van der Waals surface area contributed by atoms with Gasteiger partial charge in [0.05, 0.1) is 11.6 Å². The summed E-state index contributed by atoms with van der Waals surface area (Å²) < 4.78 is 5.46. The van der Waals surface area contributed by atoms with Gasteiger partial charge in [-0.3, -0.25) is 4.90 Å². The Kier molecular flexibility index (Phi) is 3.83. The Morgan fingerprint density at radius 3 is 3.10 bits per heavy atom. The van der Waals surface area contributed by atoms with Crippen molar-refractivity contribution in [3.8, 4) is 11.4 Å². The summed E-state index contributed by atoms with van der Waals surface area (Å²) in [4.78, 5) is 14.8. The molecule has 0 saturated carbocycles. The molecule has 2 N–H and O–H groups in total. The molecule has 1 atom stereocenters. The second kappa shape index (κ2) is 5.77. The Bertz CT molecular complexity index is 611. The normalized spacial score (nSPS) is 19.5. The summed E-state index contributed by atoms with van der Waals surface area (Å²) in [6.07, 6.45) is 5.22. The van der Waals surface area contributed by atoms with Crippen LogP contribution in [0.4, 0.5) is 5.82 Å². The third-order valence-electron chi connectivity index (χ3n) is 3.67. The van der Waals surface area contributed by atoms with Crippen LogP contribution in [0.1, 0.15) is 38.6 Å². The Balaban J connectivity index is 1.83. The minimum Gasteiger partial charge on any atom is -0.383 e. The largest absolute Gasteiger partial charge is 0.383 e. The Morgan fingerprint density at radius 2 is 2.33 bits per heavy atom. The van der Waals surface area contributed by atoms with Gasteiger partial charge in [-0.15, -0.1) is 0 Å². The Morgan fingerprint density at radius 1 is 1.48 bits per heavy atom. The number of aromatic nitrogens is 4. The van der Waals surface area contributed by atoms with Crippen LogP contribution in [0.2, 0.25) is 0 Å². The summed E-state index contributed by atoms with van der Waals surface area (Å²) >= 11 is 0. The lowest BCUT2D eigenvalue weighted by Crippen LogP contribution is -2.27. The van der Waals surface area contributed by atoms with Crippen molar-refractivity contribution in [1.29, 1.82) is 0 Å². The zero-order chi connectivity index (χ0) is 14.8. The third kappa shape index (κ3) is 2.87. The summed E-state index contributed by atoms with van der Waals surface area (Å²) in [5.41, 5.74) is 6.44. The van der Waals surface area contributed by atoms with E-state index in [1.54, 1.807) is 6.20 Å². The molecule has 2 aromatic heterocycles. The molecular formula is C14H20N6O. The molecule has 3 rings (SSSR count). The van der Waals surface area contributed by atoms with Crippen molar-refractivity contribution in [2.45, 2.75) is 32.7 Å². The quantitative estimate of drug-likeness (QED) is 0.918. The van der Waals surface area contributed by atoms with E-state index in [1.807, 2.05) is 0 Å². The van der Waals surface area contributed by atoms with Crippen molar-refractivity contribution in [3.63, 3.8) is 0 Å². The van der Waals surface area contributed by atoms with Gasteiger partial charge in [0, 0.05) is 12.7 Å². The van der Waals surface area contributed by atoms with E-state index in [2.05, 4.69) is 38.9 Å². The highest BCUT2D eigenvalue weighted by Crippen LogP contribution is 2.32. The average Bonchev–Trinajstić information content (AvgIpc) is 3.07. The smallest absolute Gasteiger partial charge is 0.244 e. The van der Waals surface area contributed by atoms with Crippen LogP contribution < -0.4 is 5.73 Å². The molecule has 2 aromatic rings. The summed E-state index contributed by atoms with van der Waals surface area (Å²) in [6, 6.07) is 0.208. The first-order valence-corrected chi connectivity index (χ1v) is 7.28. The molecule has 0 aromatic carbocycles. The van der Waals surface area contributed by atoms with Crippen LogP contribution in [0.15, 0.2) is 17.0 Å². The van der Waals surface area contributed by atoms with Gasteiger partial charge in [-0.05, 0) is 25.3 Å². The molecule has 0 amide bonds. The van der Waals surface area contributed by atoms with Crippen LogP contribution in [0.3, 0.4) is 0 Å². The molecule has 1 fully saturated rings. The van der Waals surface area contributed by atoms with E-state index < -0.39 is 0 Å². The van der Waals surface area contributed by atoms with Crippen molar-refractivity contribution >= 4 is 5.82 Å². The van der Waals surface area contributed by atoms with Crippen LogP contribution in [0.5, 0.6) is 0 Å². The fraction of sp³-hybridized carbons (Fsp3) is 0.571. The van der Waals surface area contributed by atoms with Gasteiger partial charge in [0.25, 0.3) is 0 Å². The Hall–Kier alpha value is -2.02. The number of likely N-dealkylation sites (tertiary alicyclic amines) is 1. The maximum Gasteiger partial charge on any atom is 0.244 e. The van der Waals surface area contributed by atoms with Gasteiger partial charge in [0.1, 0.15) is 12.1 Å². The van der Waals surface area contributed by atoms with Gasteiger partial charge in [-0.25, -0.2) is 9.97 Å². The number of rotatable bonds is 4. The van der Waals surface area contributed by atoms with Crippen molar-refractivity contribution in [3.05, 3.63) is 18.4 Å². The topological polar surface area (TPSA) is 94.0 Å². The fourth-order valence-electron chi connectivity index (χ4n) is 2.78. The second-order valence-corrected chi connectivity index (χ2v) is 5.82. The van der Waals surface area contributed by atoms with E-state index in [-0.39, 0.29) is 6.04 Å². The van der Waals surface area contributed by atoms with Crippen molar-refractivity contribution in [1.82, 2.24) is 25.0 Å². The number of nitrogens with zero attached hydrogens (tertiary/aromatic N) is 5. The zero-order valence-electron chi connectivity index (χ0n) is 12.4. The lowest BCUT2D eigenvalue weighted by atomic mass is 10.1. The first-order chi connectivity index (χ1) is 10.1. The number of anilines is 1. The Labute approximate surface area is 123 Å². The molecule has 0 aliphatic carbocycles. The van der Waals surface area contributed by atoms with E-state index in [0.29, 0.717) is 29.0 Å². The van der Waals surface area contributed by atoms with Gasteiger partial charge < -0.3 is 10.3 Å². The number of hydrogen-bond donors (Lipinski definition) is 1.